The summed E-state index contributed by atoms with van der Waals surface area (Å²) in [5.41, 5.74) is 0.687. The van der Waals surface area contributed by atoms with Crippen LogP contribution in [0.2, 0.25) is 0 Å². The van der Waals surface area contributed by atoms with Crippen LogP contribution >= 0.6 is 0 Å². The zero-order chi connectivity index (χ0) is 26.7. The lowest BCUT2D eigenvalue weighted by molar-refractivity contribution is -0.174. The quantitative estimate of drug-likeness (QED) is 0.187. The van der Waals surface area contributed by atoms with Gasteiger partial charge in [0, 0.05) is 18.4 Å². The first kappa shape index (κ1) is 29.0. The second kappa shape index (κ2) is 11.7. The van der Waals surface area contributed by atoms with Gasteiger partial charge in [0.05, 0.1) is 11.5 Å². The number of hydrogen-bond donors (Lipinski definition) is 1. The molecule has 198 valence electrons. The van der Waals surface area contributed by atoms with E-state index in [2.05, 4.69) is 0 Å². The number of carbonyl (C=O) groups is 3. The minimum absolute atomic E-state index is 0.131. The first-order valence-corrected chi connectivity index (χ1v) is 12.5. The molecule has 1 aliphatic carbocycles. The average Bonchev–Trinajstić information content (AvgIpc) is 3.44. The molecular formula is C27H42O8. The van der Waals surface area contributed by atoms with Crippen LogP contribution in [0.3, 0.4) is 0 Å². The summed E-state index contributed by atoms with van der Waals surface area (Å²) in [6, 6.07) is 0. The average molecular weight is 495 g/mol. The molecule has 1 N–H and O–H groups in total. The molecule has 0 bridgehead atoms. The number of carbonyl (C=O) groups excluding carboxylic acids is 3. The Morgan fingerprint density at radius 3 is 2.34 bits per heavy atom. The van der Waals surface area contributed by atoms with Crippen LogP contribution in [-0.2, 0) is 33.3 Å². The summed E-state index contributed by atoms with van der Waals surface area (Å²) in [7, 11) is 0. The van der Waals surface area contributed by atoms with Crippen molar-refractivity contribution in [1.82, 2.24) is 0 Å². The molecule has 8 nitrogen and oxygen atoms in total. The van der Waals surface area contributed by atoms with Gasteiger partial charge in [-0.25, -0.2) is 4.79 Å². The van der Waals surface area contributed by atoms with E-state index in [9.17, 15) is 19.5 Å². The standard InChI is InChI=1S/C27H42O8/c1-10-15(4)25(30)33-22-16(5)12-11-13-27(9)24(35-27)23(20(14(2)3)21(22)29)34-26(31)17(6)18(7)32-19(8)28/h10,12,14,17-18,20-24,29H,11,13H2,1-9H3/b15-10+,16-12-/t17-,18+,20-,21+,22-,23-,24+,27+/m0/s1. The molecule has 1 fully saturated rings. The van der Waals surface area contributed by atoms with Gasteiger partial charge in [0.2, 0.25) is 0 Å². The Hall–Kier alpha value is -2.19. The van der Waals surface area contributed by atoms with Gasteiger partial charge in [0.25, 0.3) is 0 Å². The molecule has 0 aromatic rings. The number of ether oxygens (including phenoxy) is 4. The van der Waals surface area contributed by atoms with Crippen LogP contribution in [-0.4, -0.2) is 59.1 Å². The third-order valence-corrected chi connectivity index (χ3v) is 7.32. The molecule has 0 aromatic carbocycles. The minimum atomic E-state index is -1.13. The second-order valence-corrected chi connectivity index (χ2v) is 10.5. The van der Waals surface area contributed by atoms with Crippen LogP contribution in [0, 0.1) is 17.8 Å². The summed E-state index contributed by atoms with van der Waals surface area (Å²) in [6.45, 7) is 15.7. The number of fused-ring (bicyclic) bond motifs is 1. The van der Waals surface area contributed by atoms with Crippen LogP contribution in [0.15, 0.2) is 23.3 Å². The normalized spacial score (nSPS) is 34.5. The SMILES string of the molecule is C/C=C(\C)C(=O)O[C@H]1/C(C)=C\CC[C@@]2(C)O[C@@H]2[C@@H](OC(=O)[C@@H](C)[C@@H](C)OC(C)=O)[C@@H](C(C)C)[C@H]1O. The van der Waals surface area contributed by atoms with Crippen molar-refractivity contribution < 1.29 is 38.4 Å². The molecular weight excluding hydrogens is 452 g/mol. The van der Waals surface area contributed by atoms with Crippen molar-refractivity contribution in [3.8, 4) is 0 Å². The van der Waals surface area contributed by atoms with Gasteiger partial charge in [-0.3, -0.25) is 9.59 Å². The van der Waals surface area contributed by atoms with Crippen molar-refractivity contribution in [3.05, 3.63) is 23.3 Å². The molecule has 35 heavy (non-hydrogen) atoms. The molecule has 8 atom stereocenters. The Bertz CT molecular complexity index is 859. The Labute approximate surface area is 209 Å². The predicted molar refractivity (Wildman–Crippen MR) is 130 cm³/mol. The molecule has 1 saturated heterocycles. The van der Waals surface area contributed by atoms with Gasteiger partial charge in [-0.15, -0.1) is 0 Å². The number of hydrogen-bond acceptors (Lipinski definition) is 8. The highest BCUT2D eigenvalue weighted by Crippen LogP contribution is 2.48. The molecule has 8 heteroatoms. The van der Waals surface area contributed by atoms with E-state index < -0.39 is 65.9 Å². The van der Waals surface area contributed by atoms with E-state index in [-0.39, 0.29) is 5.92 Å². The zero-order valence-electron chi connectivity index (χ0n) is 22.5. The zero-order valence-corrected chi connectivity index (χ0v) is 22.5. The van der Waals surface area contributed by atoms with E-state index in [1.165, 1.54) is 6.92 Å². The van der Waals surface area contributed by atoms with E-state index in [0.29, 0.717) is 18.4 Å². The molecule has 0 spiro atoms. The van der Waals surface area contributed by atoms with Crippen LogP contribution < -0.4 is 0 Å². The fourth-order valence-electron chi connectivity index (χ4n) is 4.64. The fraction of sp³-hybridized carbons (Fsp3) is 0.741. The molecule has 0 saturated carbocycles. The third kappa shape index (κ3) is 6.94. The molecule has 0 aromatic heterocycles. The number of aliphatic hydroxyl groups is 1. The Kier molecular flexibility index (Phi) is 9.71. The van der Waals surface area contributed by atoms with Gasteiger partial charge in [-0.1, -0.05) is 26.0 Å². The van der Waals surface area contributed by atoms with Crippen molar-refractivity contribution in [2.75, 3.05) is 0 Å². The number of epoxide rings is 1. The topological polar surface area (TPSA) is 112 Å². The van der Waals surface area contributed by atoms with E-state index in [4.69, 9.17) is 18.9 Å². The van der Waals surface area contributed by atoms with E-state index >= 15 is 0 Å². The van der Waals surface area contributed by atoms with Gasteiger partial charge < -0.3 is 24.1 Å². The Morgan fingerprint density at radius 1 is 1.17 bits per heavy atom. The number of allylic oxidation sites excluding steroid dienone is 2. The highest BCUT2D eigenvalue weighted by atomic mass is 16.6. The second-order valence-electron chi connectivity index (χ2n) is 10.5. The van der Waals surface area contributed by atoms with Crippen LogP contribution in [0.4, 0.5) is 0 Å². The Morgan fingerprint density at radius 2 is 1.80 bits per heavy atom. The van der Waals surface area contributed by atoms with Crippen molar-refractivity contribution in [3.63, 3.8) is 0 Å². The number of rotatable bonds is 7. The smallest absolute Gasteiger partial charge is 0.334 e. The molecule has 2 rings (SSSR count). The largest absolute Gasteiger partial charge is 0.462 e. The molecule has 1 aliphatic heterocycles. The lowest BCUT2D eigenvalue weighted by Gasteiger charge is -2.38. The molecule has 0 unspecified atom stereocenters. The first-order chi connectivity index (χ1) is 16.2. The van der Waals surface area contributed by atoms with Gasteiger partial charge in [-0.2, -0.15) is 0 Å². The van der Waals surface area contributed by atoms with Gasteiger partial charge in [0.1, 0.15) is 30.5 Å². The Balaban J connectivity index is 2.42. The van der Waals surface area contributed by atoms with Crippen LogP contribution in [0.5, 0.6) is 0 Å². The summed E-state index contributed by atoms with van der Waals surface area (Å²) < 4.78 is 23.0. The monoisotopic (exact) mass is 494 g/mol. The van der Waals surface area contributed by atoms with Gasteiger partial charge in [0.15, 0.2) is 0 Å². The lowest BCUT2D eigenvalue weighted by atomic mass is 9.77. The third-order valence-electron chi connectivity index (χ3n) is 7.32. The van der Waals surface area contributed by atoms with Gasteiger partial charge >= 0.3 is 17.9 Å². The van der Waals surface area contributed by atoms with Crippen LogP contribution in [0.1, 0.15) is 75.2 Å². The van der Waals surface area contributed by atoms with Crippen molar-refractivity contribution >= 4 is 17.9 Å². The maximum Gasteiger partial charge on any atom is 0.334 e. The fourth-order valence-corrected chi connectivity index (χ4v) is 4.64. The van der Waals surface area contributed by atoms with Crippen LogP contribution in [0.25, 0.3) is 0 Å². The van der Waals surface area contributed by atoms with E-state index in [1.807, 2.05) is 33.8 Å². The number of aliphatic hydroxyl groups excluding tert-OH is 1. The predicted octanol–water partition coefficient (Wildman–Crippen LogP) is 3.89. The van der Waals surface area contributed by atoms with Gasteiger partial charge in [-0.05, 0) is 65.9 Å². The highest BCUT2D eigenvalue weighted by molar-refractivity contribution is 5.87. The lowest BCUT2D eigenvalue weighted by Crippen LogP contribution is -2.50. The highest BCUT2D eigenvalue weighted by Gasteiger charge is 2.61. The van der Waals surface area contributed by atoms with Crippen molar-refractivity contribution in [2.45, 2.75) is 111 Å². The molecule has 2 aliphatic rings. The summed E-state index contributed by atoms with van der Waals surface area (Å²) in [4.78, 5) is 37.1. The maximum atomic E-state index is 13.1. The van der Waals surface area contributed by atoms with Crippen molar-refractivity contribution in [2.24, 2.45) is 17.8 Å². The number of esters is 3. The molecule has 0 amide bonds. The summed E-state index contributed by atoms with van der Waals surface area (Å²) in [5, 5.41) is 11.6. The first-order valence-electron chi connectivity index (χ1n) is 12.5. The van der Waals surface area contributed by atoms with Crippen molar-refractivity contribution in [1.29, 1.82) is 0 Å². The summed E-state index contributed by atoms with van der Waals surface area (Å²) in [6.07, 6.45) is 1.10. The van der Waals surface area contributed by atoms with E-state index in [0.717, 1.165) is 5.57 Å². The molecule has 1 heterocycles. The summed E-state index contributed by atoms with van der Waals surface area (Å²) in [5.74, 6) is -2.94. The maximum absolute atomic E-state index is 13.1. The summed E-state index contributed by atoms with van der Waals surface area (Å²) >= 11 is 0. The minimum Gasteiger partial charge on any atom is -0.462 e. The van der Waals surface area contributed by atoms with E-state index in [1.54, 1.807) is 33.8 Å². The molecule has 0 radical (unpaired) electrons.